The van der Waals surface area contributed by atoms with Crippen LogP contribution in [0.15, 0.2) is 18.3 Å². The van der Waals surface area contributed by atoms with Crippen LogP contribution in [0.2, 0.25) is 0 Å². The summed E-state index contributed by atoms with van der Waals surface area (Å²) in [5, 5.41) is 4.40. The fourth-order valence-corrected chi connectivity index (χ4v) is 2.96. The summed E-state index contributed by atoms with van der Waals surface area (Å²) in [6.07, 6.45) is 1.74. The smallest absolute Gasteiger partial charge is 0.161 e. The number of aromatic nitrogens is 2. The summed E-state index contributed by atoms with van der Waals surface area (Å²) in [7, 11) is 5.75. The molecule has 6 heteroatoms. The lowest BCUT2D eigenvalue weighted by atomic mass is 10.1. The molecule has 0 saturated heterocycles. The lowest BCUT2D eigenvalue weighted by Crippen LogP contribution is -2.23. The highest BCUT2D eigenvalue weighted by atomic mass is 32.1. The third-order valence-corrected chi connectivity index (χ3v) is 4.27. The molecule has 0 amide bonds. The van der Waals surface area contributed by atoms with E-state index in [0.717, 1.165) is 29.4 Å². The Morgan fingerprint density at radius 1 is 1.45 bits per heavy atom. The zero-order chi connectivity index (χ0) is 14.7. The van der Waals surface area contributed by atoms with Gasteiger partial charge >= 0.3 is 0 Å². The first-order valence-electron chi connectivity index (χ1n) is 6.59. The Balaban J connectivity index is 2.30. The number of ether oxygens (including phenoxy) is 1. The fraction of sp³-hybridized carbons (Fsp3) is 0.500. The second-order valence-electron chi connectivity index (χ2n) is 5.05. The molecule has 0 saturated carbocycles. The van der Waals surface area contributed by atoms with Crippen molar-refractivity contribution in [2.75, 3.05) is 27.7 Å². The SMILES string of the molecule is COc1cnn(CCN(C)C)c1C(N)c1ccc(C)s1. The van der Waals surface area contributed by atoms with Gasteiger partial charge in [0.25, 0.3) is 0 Å². The van der Waals surface area contributed by atoms with Crippen LogP contribution in [0.1, 0.15) is 21.5 Å². The fourth-order valence-electron chi connectivity index (χ4n) is 2.08. The van der Waals surface area contributed by atoms with Crippen LogP contribution in [-0.4, -0.2) is 42.4 Å². The van der Waals surface area contributed by atoms with Crippen molar-refractivity contribution in [2.24, 2.45) is 5.73 Å². The van der Waals surface area contributed by atoms with Crippen LogP contribution in [0, 0.1) is 6.92 Å². The molecule has 5 nitrogen and oxygen atoms in total. The van der Waals surface area contributed by atoms with Gasteiger partial charge in [-0.3, -0.25) is 4.68 Å². The molecule has 110 valence electrons. The van der Waals surface area contributed by atoms with Gasteiger partial charge in [-0.1, -0.05) is 0 Å². The van der Waals surface area contributed by atoms with Gasteiger partial charge in [-0.25, -0.2) is 0 Å². The average Bonchev–Trinajstić information content (AvgIpc) is 3.01. The molecule has 1 unspecified atom stereocenters. The van der Waals surface area contributed by atoms with Gasteiger partial charge in [0.1, 0.15) is 5.69 Å². The highest BCUT2D eigenvalue weighted by Gasteiger charge is 2.21. The summed E-state index contributed by atoms with van der Waals surface area (Å²) in [5.74, 6) is 0.752. The minimum atomic E-state index is -0.201. The predicted octanol–water partition coefficient (Wildman–Crippen LogP) is 1.87. The number of nitrogens with two attached hydrogens (primary N) is 1. The molecule has 0 fully saturated rings. The second kappa shape index (κ2) is 6.39. The minimum absolute atomic E-state index is 0.201. The van der Waals surface area contributed by atoms with Gasteiger partial charge in [0.2, 0.25) is 0 Å². The summed E-state index contributed by atoms with van der Waals surface area (Å²) in [4.78, 5) is 4.51. The van der Waals surface area contributed by atoms with Crippen LogP contribution in [0.5, 0.6) is 5.75 Å². The van der Waals surface area contributed by atoms with E-state index in [4.69, 9.17) is 10.5 Å². The van der Waals surface area contributed by atoms with E-state index < -0.39 is 0 Å². The van der Waals surface area contributed by atoms with Gasteiger partial charge < -0.3 is 15.4 Å². The summed E-state index contributed by atoms with van der Waals surface area (Å²) >= 11 is 1.71. The van der Waals surface area contributed by atoms with E-state index >= 15 is 0 Å². The van der Waals surface area contributed by atoms with Gasteiger partial charge in [-0.2, -0.15) is 5.10 Å². The second-order valence-corrected chi connectivity index (χ2v) is 6.37. The number of nitrogens with zero attached hydrogens (tertiary/aromatic N) is 3. The van der Waals surface area contributed by atoms with E-state index in [1.54, 1.807) is 24.6 Å². The largest absolute Gasteiger partial charge is 0.493 e. The Morgan fingerprint density at radius 3 is 2.75 bits per heavy atom. The maximum atomic E-state index is 6.41. The number of hydrogen-bond acceptors (Lipinski definition) is 5. The molecule has 0 spiro atoms. The lowest BCUT2D eigenvalue weighted by molar-refractivity contribution is 0.363. The highest BCUT2D eigenvalue weighted by molar-refractivity contribution is 7.12. The van der Waals surface area contributed by atoms with Crippen LogP contribution in [0.3, 0.4) is 0 Å². The third kappa shape index (κ3) is 3.20. The van der Waals surface area contributed by atoms with E-state index in [1.807, 2.05) is 18.8 Å². The average molecular weight is 294 g/mol. The van der Waals surface area contributed by atoms with Crippen molar-refractivity contribution in [2.45, 2.75) is 19.5 Å². The van der Waals surface area contributed by atoms with E-state index in [2.05, 4.69) is 29.1 Å². The highest BCUT2D eigenvalue weighted by Crippen LogP contribution is 2.31. The number of methoxy groups -OCH3 is 1. The Hall–Kier alpha value is -1.37. The molecular weight excluding hydrogens is 272 g/mol. The van der Waals surface area contributed by atoms with Crippen LogP contribution in [-0.2, 0) is 6.54 Å². The molecule has 2 heterocycles. The van der Waals surface area contributed by atoms with Gasteiger partial charge in [-0.05, 0) is 33.2 Å². The first-order valence-corrected chi connectivity index (χ1v) is 7.41. The first-order chi connectivity index (χ1) is 9.52. The zero-order valence-corrected chi connectivity index (χ0v) is 13.3. The first kappa shape index (κ1) is 15.0. The molecule has 2 rings (SSSR count). The standard InChI is InChI=1S/C14H22N4OS/c1-10-5-6-12(20-10)13(15)14-11(19-4)9-16-18(14)8-7-17(2)3/h5-6,9,13H,7-8,15H2,1-4H3. The Bertz CT molecular complexity index is 561. The molecule has 2 aromatic rings. The van der Waals surface area contributed by atoms with E-state index in [0.29, 0.717) is 0 Å². The molecular formula is C14H22N4OS. The number of hydrogen-bond donors (Lipinski definition) is 1. The maximum absolute atomic E-state index is 6.41. The quantitative estimate of drug-likeness (QED) is 0.883. The maximum Gasteiger partial charge on any atom is 0.161 e. The van der Waals surface area contributed by atoms with Gasteiger partial charge in [0.15, 0.2) is 5.75 Å². The summed E-state index contributed by atoms with van der Waals surface area (Å²) < 4.78 is 7.35. The van der Waals surface area contributed by atoms with Crippen molar-refractivity contribution in [1.82, 2.24) is 14.7 Å². The van der Waals surface area contributed by atoms with Gasteiger partial charge in [0.05, 0.1) is 25.9 Å². The zero-order valence-electron chi connectivity index (χ0n) is 12.5. The van der Waals surface area contributed by atoms with E-state index in [-0.39, 0.29) is 6.04 Å². The number of rotatable bonds is 6. The predicted molar refractivity (Wildman–Crippen MR) is 82.4 cm³/mol. The molecule has 20 heavy (non-hydrogen) atoms. The van der Waals surface area contributed by atoms with Crippen LogP contribution in [0.25, 0.3) is 0 Å². The molecule has 2 aromatic heterocycles. The van der Waals surface area contributed by atoms with Crippen LogP contribution in [0.4, 0.5) is 0 Å². The molecule has 0 aliphatic rings. The Morgan fingerprint density at radius 2 is 2.20 bits per heavy atom. The van der Waals surface area contributed by atoms with Crippen molar-refractivity contribution in [3.8, 4) is 5.75 Å². The molecule has 0 bridgehead atoms. The van der Waals surface area contributed by atoms with E-state index in [9.17, 15) is 0 Å². The number of thiophene rings is 1. The molecule has 1 atom stereocenters. The van der Waals surface area contributed by atoms with Crippen molar-refractivity contribution in [3.63, 3.8) is 0 Å². The lowest BCUT2D eigenvalue weighted by Gasteiger charge is -2.16. The number of aryl methyl sites for hydroxylation is 1. The normalized spacial score (nSPS) is 12.9. The minimum Gasteiger partial charge on any atom is -0.493 e. The van der Waals surface area contributed by atoms with Crippen molar-refractivity contribution < 1.29 is 4.74 Å². The number of likely N-dealkylation sites (N-methyl/N-ethyl adjacent to an activating group) is 1. The molecule has 0 radical (unpaired) electrons. The van der Waals surface area contributed by atoms with Crippen molar-refractivity contribution in [1.29, 1.82) is 0 Å². The Labute approximate surface area is 124 Å². The topological polar surface area (TPSA) is 56.3 Å². The molecule has 0 aliphatic carbocycles. The van der Waals surface area contributed by atoms with Crippen molar-refractivity contribution in [3.05, 3.63) is 33.8 Å². The molecule has 0 aliphatic heterocycles. The van der Waals surface area contributed by atoms with Crippen LogP contribution < -0.4 is 10.5 Å². The van der Waals surface area contributed by atoms with Gasteiger partial charge in [-0.15, -0.1) is 11.3 Å². The Kier molecular flexibility index (Phi) is 4.80. The van der Waals surface area contributed by atoms with Gasteiger partial charge in [0, 0.05) is 16.3 Å². The molecule has 2 N–H and O–H groups in total. The molecule has 0 aromatic carbocycles. The monoisotopic (exact) mass is 294 g/mol. The summed E-state index contributed by atoms with van der Waals surface area (Å²) in [6, 6.07) is 3.97. The summed E-state index contributed by atoms with van der Waals surface area (Å²) in [6.45, 7) is 3.79. The third-order valence-electron chi connectivity index (χ3n) is 3.19. The van der Waals surface area contributed by atoms with Crippen LogP contribution >= 0.6 is 11.3 Å². The van der Waals surface area contributed by atoms with E-state index in [1.165, 1.54) is 4.88 Å². The summed E-state index contributed by atoms with van der Waals surface area (Å²) in [5.41, 5.74) is 7.35. The van der Waals surface area contributed by atoms with Crippen molar-refractivity contribution >= 4 is 11.3 Å².